The van der Waals surface area contributed by atoms with Gasteiger partial charge >= 0.3 is 6.09 Å². The Hall–Kier alpha value is -4.70. The van der Waals surface area contributed by atoms with E-state index in [0.29, 0.717) is 48.8 Å². The van der Waals surface area contributed by atoms with Gasteiger partial charge in [-0.2, -0.15) is 0 Å². The van der Waals surface area contributed by atoms with Crippen molar-refractivity contribution in [3.05, 3.63) is 136 Å². The molecular weight excluding hydrogens is 604 g/mol. The SMILES string of the molecule is O=C(O)N[C@H](C(=O)Nc1ccccc1CC[C@@H]1CN[C@H](CNC(=O)c2ccccc2Cl)CO1)C(c1ccccc1)c1ccccc1. The van der Waals surface area contributed by atoms with Crippen LogP contribution in [-0.4, -0.2) is 60.9 Å². The van der Waals surface area contributed by atoms with Gasteiger partial charge in [0.25, 0.3) is 5.91 Å². The molecule has 0 bridgehead atoms. The minimum absolute atomic E-state index is 0.0323. The minimum atomic E-state index is -1.28. The summed E-state index contributed by atoms with van der Waals surface area (Å²) in [6.45, 7) is 1.46. The van der Waals surface area contributed by atoms with E-state index in [1.54, 1.807) is 24.3 Å². The van der Waals surface area contributed by atoms with E-state index in [2.05, 4.69) is 21.3 Å². The van der Waals surface area contributed by atoms with Crippen molar-refractivity contribution in [1.29, 1.82) is 0 Å². The monoisotopic (exact) mass is 640 g/mol. The zero-order chi connectivity index (χ0) is 32.3. The smallest absolute Gasteiger partial charge is 0.405 e. The van der Waals surface area contributed by atoms with E-state index in [9.17, 15) is 19.5 Å². The molecule has 0 saturated carbocycles. The van der Waals surface area contributed by atoms with Gasteiger partial charge < -0.3 is 31.1 Å². The molecule has 0 spiro atoms. The summed E-state index contributed by atoms with van der Waals surface area (Å²) >= 11 is 6.13. The van der Waals surface area contributed by atoms with Gasteiger partial charge in [-0.25, -0.2) is 4.79 Å². The normalized spacial score (nSPS) is 16.7. The Morgan fingerprint density at radius 3 is 2.13 bits per heavy atom. The fourth-order valence-corrected chi connectivity index (χ4v) is 5.88. The third-order valence-corrected chi connectivity index (χ3v) is 8.35. The summed E-state index contributed by atoms with van der Waals surface area (Å²) in [5.41, 5.74) is 3.61. The average molecular weight is 641 g/mol. The van der Waals surface area contributed by atoms with E-state index in [0.717, 1.165) is 16.7 Å². The number of hydrogen-bond donors (Lipinski definition) is 5. The molecule has 0 aliphatic carbocycles. The molecule has 10 heteroatoms. The quantitative estimate of drug-likeness (QED) is 0.140. The summed E-state index contributed by atoms with van der Waals surface area (Å²) in [7, 11) is 0. The third kappa shape index (κ3) is 8.72. The Balaban J connectivity index is 1.20. The average Bonchev–Trinajstić information content (AvgIpc) is 3.08. The molecule has 46 heavy (non-hydrogen) atoms. The molecule has 5 rings (SSSR count). The largest absolute Gasteiger partial charge is 0.465 e. The lowest BCUT2D eigenvalue weighted by molar-refractivity contribution is -0.118. The first-order valence-electron chi connectivity index (χ1n) is 15.2. The molecule has 4 aromatic rings. The highest BCUT2D eigenvalue weighted by Crippen LogP contribution is 2.30. The molecule has 0 radical (unpaired) electrons. The molecule has 3 amide bonds. The van der Waals surface area contributed by atoms with Crippen LogP contribution < -0.4 is 21.3 Å². The number of halogens is 1. The van der Waals surface area contributed by atoms with E-state index >= 15 is 0 Å². The van der Waals surface area contributed by atoms with E-state index in [1.165, 1.54) is 0 Å². The summed E-state index contributed by atoms with van der Waals surface area (Å²) in [5.74, 6) is -1.23. The standard InChI is InChI=1S/C36H37ClN4O5/c37-30-17-9-8-16-29(30)34(42)39-21-27-23-46-28(22-38-27)20-19-24-11-7-10-18-31(24)40-35(43)33(41-36(44)45)32(25-12-3-1-4-13-25)26-14-5-2-6-15-26/h1-18,27-28,32-33,38,41H,19-23H2,(H,39,42)(H,40,43)(H,44,45)/t27-,28-,33+/m1/s1. The second kappa shape index (κ2) is 16.0. The number of carboxylic acid groups (broad SMARTS) is 1. The Morgan fingerprint density at radius 1 is 0.870 bits per heavy atom. The number of rotatable bonds is 12. The van der Waals surface area contributed by atoms with Gasteiger partial charge in [-0.15, -0.1) is 0 Å². The van der Waals surface area contributed by atoms with Crippen molar-refractivity contribution in [3.8, 4) is 0 Å². The number of nitrogens with one attached hydrogen (secondary N) is 4. The molecule has 1 fully saturated rings. The van der Waals surface area contributed by atoms with Gasteiger partial charge in [0.2, 0.25) is 5.91 Å². The van der Waals surface area contributed by atoms with Crippen LogP contribution in [0, 0.1) is 0 Å². The zero-order valence-electron chi connectivity index (χ0n) is 25.2. The molecule has 1 saturated heterocycles. The molecule has 0 unspecified atom stereocenters. The highest BCUT2D eigenvalue weighted by atomic mass is 35.5. The van der Waals surface area contributed by atoms with Crippen molar-refractivity contribution in [1.82, 2.24) is 16.0 Å². The molecule has 238 valence electrons. The number of para-hydroxylation sites is 1. The number of aryl methyl sites for hydroxylation is 1. The van der Waals surface area contributed by atoms with Gasteiger partial charge in [0.05, 0.1) is 23.3 Å². The predicted octanol–water partition coefficient (Wildman–Crippen LogP) is 5.47. The van der Waals surface area contributed by atoms with Crippen LogP contribution in [0.1, 0.15) is 39.4 Å². The lowest BCUT2D eigenvalue weighted by Gasteiger charge is -2.31. The maximum atomic E-state index is 13.8. The second-order valence-corrected chi connectivity index (χ2v) is 11.6. The summed E-state index contributed by atoms with van der Waals surface area (Å²) in [5, 5.41) is 22.0. The Morgan fingerprint density at radius 2 is 1.50 bits per heavy atom. The molecule has 5 N–H and O–H groups in total. The second-order valence-electron chi connectivity index (χ2n) is 11.2. The molecule has 0 aromatic heterocycles. The molecule has 3 atom stereocenters. The molecule has 1 heterocycles. The summed E-state index contributed by atoms with van der Waals surface area (Å²) < 4.78 is 6.10. The van der Waals surface area contributed by atoms with Crippen LogP contribution in [0.2, 0.25) is 5.02 Å². The van der Waals surface area contributed by atoms with Crippen LogP contribution in [0.4, 0.5) is 10.5 Å². The molecule has 4 aromatic carbocycles. The molecule has 1 aliphatic heterocycles. The highest BCUT2D eigenvalue weighted by Gasteiger charge is 2.33. The van der Waals surface area contributed by atoms with Crippen LogP contribution in [0.15, 0.2) is 109 Å². The van der Waals surface area contributed by atoms with Gasteiger partial charge in [-0.05, 0) is 47.7 Å². The number of carbonyl (C=O) groups is 3. The number of ether oxygens (including phenoxy) is 1. The lowest BCUT2D eigenvalue weighted by Crippen LogP contribution is -2.51. The van der Waals surface area contributed by atoms with Gasteiger partial charge in [0.15, 0.2) is 0 Å². The number of hydrogen-bond acceptors (Lipinski definition) is 5. The number of benzene rings is 4. The molecule has 1 aliphatic rings. The van der Waals surface area contributed by atoms with Crippen molar-refractivity contribution in [2.45, 2.75) is 36.9 Å². The van der Waals surface area contributed by atoms with E-state index < -0.39 is 24.0 Å². The predicted molar refractivity (Wildman–Crippen MR) is 178 cm³/mol. The number of carbonyl (C=O) groups excluding carboxylic acids is 2. The Kier molecular flexibility index (Phi) is 11.4. The lowest BCUT2D eigenvalue weighted by atomic mass is 9.84. The van der Waals surface area contributed by atoms with E-state index in [4.69, 9.17) is 16.3 Å². The minimum Gasteiger partial charge on any atom is -0.465 e. The fourth-order valence-electron chi connectivity index (χ4n) is 5.66. The summed E-state index contributed by atoms with van der Waals surface area (Å²) in [6.07, 6.45) is -0.00385. The van der Waals surface area contributed by atoms with Gasteiger partial charge in [-0.1, -0.05) is 103 Å². The van der Waals surface area contributed by atoms with Crippen LogP contribution >= 0.6 is 11.6 Å². The maximum absolute atomic E-state index is 13.8. The number of morpholine rings is 1. The van der Waals surface area contributed by atoms with Crippen molar-refractivity contribution < 1.29 is 24.2 Å². The molecule has 9 nitrogen and oxygen atoms in total. The van der Waals surface area contributed by atoms with Crippen molar-refractivity contribution in [2.75, 3.05) is 25.0 Å². The zero-order valence-corrected chi connectivity index (χ0v) is 26.0. The number of anilines is 1. The van der Waals surface area contributed by atoms with Crippen molar-refractivity contribution in [2.24, 2.45) is 0 Å². The van der Waals surface area contributed by atoms with E-state index in [1.807, 2.05) is 84.9 Å². The molecular formula is C36H37ClN4O5. The van der Waals surface area contributed by atoms with Gasteiger partial charge in [0.1, 0.15) is 6.04 Å². The Bertz CT molecular complexity index is 1570. The van der Waals surface area contributed by atoms with Crippen LogP contribution in [0.25, 0.3) is 0 Å². The topological polar surface area (TPSA) is 129 Å². The van der Waals surface area contributed by atoms with Crippen LogP contribution in [0.3, 0.4) is 0 Å². The summed E-state index contributed by atoms with van der Waals surface area (Å²) in [4.78, 5) is 38.2. The van der Waals surface area contributed by atoms with Gasteiger partial charge in [0, 0.05) is 30.7 Å². The third-order valence-electron chi connectivity index (χ3n) is 8.02. The van der Waals surface area contributed by atoms with Crippen molar-refractivity contribution >= 4 is 35.2 Å². The fraction of sp³-hybridized carbons (Fsp3) is 0.250. The van der Waals surface area contributed by atoms with Crippen LogP contribution in [0.5, 0.6) is 0 Å². The first-order chi connectivity index (χ1) is 22.4. The van der Waals surface area contributed by atoms with E-state index in [-0.39, 0.29) is 18.1 Å². The first kappa shape index (κ1) is 32.7. The highest BCUT2D eigenvalue weighted by molar-refractivity contribution is 6.33. The summed E-state index contributed by atoms with van der Waals surface area (Å²) in [6, 6.07) is 32.2. The Labute approximate surface area is 273 Å². The van der Waals surface area contributed by atoms with Gasteiger partial charge in [-0.3, -0.25) is 9.59 Å². The first-order valence-corrected chi connectivity index (χ1v) is 15.6. The van der Waals surface area contributed by atoms with Crippen LogP contribution in [-0.2, 0) is 16.0 Å². The number of amides is 3. The maximum Gasteiger partial charge on any atom is 0.405 e. The van der Waals surface area contributed by atoms with Crippen molar-refractivity contribution in [3.63, 3.8) is 0 Å².